The Hall–Kier alpha value is -1.84. The van der Waals surface area contributed by atoms with E-state index in [1.54, 1.807) is 6.07 Å². The summed E-state index contributed by atoms with van der Waals surface area (Å²) in [5.41, 5.74) is 2.26. The zero-order chi connectivity index (χ0) is 11.5. The van der Waals surface area contributed by atoms with Crippen molar-refractivity contribution in [2.24, 2.45) is 0 Å². The van der Waals surface area contributed by atoms with Crippen LogP contribution in [0.15, 0.2) is 24.5 Å². The van der Waals surface area contributed by atoms with E-state index in [2.05, 4.69) is 10.3 Å². The van der Waals surface area contributed by atoms with Crippen LogP contribution in [0, 0.1) is 6.92 Å². The summed E-state index contributed by atoms with van der Waals surface area (Å²) in [6, 6.07) is 3.65. The molecular weight excluding hydrogens is 202 g/mol. The summed E-state index contributed by atoms with van der Waals surface area (Å²) in [6.07, 6.45) is 4.74. The fraction of sp³-hybridized carbons (Fsp3) is 0.333. The highest BCUT2D eigenvalue weighted by atomic mass is 16.1. The molecule has 0 radical (unpaired) electrons. The third-order valence-corrected chi connectivity index (χ3v) is 2.38. The number of rotatable bonds is 3. The smallest absolute Gasteiger partial charge is 0.255 e. The predicted octanol–water partition coefficient (Wildman–Crippen LogP) is 1.78. The summed E-state index contributed by atoms with van der Waals surface area (Å²) < 4.78 is 1.87. The third-order valence-electron chi connectivity index (χ3n) is 2.38. The molecule has 4 heteroatoms. The maximum Gasteiger partial charge on any atom is 0.255 e. The fourth-order valence-electron chi connectivity index (χ4n) is 1.65. The number of nitrogens with one attached hydrogen (secondary N) is 1. The standard InChI is InChI=1S/C12H15N3O/c1-3-6-13-12(16)10-5-4-7-15-8-9(2)14-11(10)15/h4-5,7-8H,3,6H2,1-2H3,(H,13,16). The third kappa shape index (κ3) is 1.91. The van der Waals surface area contributed by atoms with E-state index in [-0.39, 0.29) is 5.91 Å². The molecule has 4 nitrogen and oxygen atoms in total. The Bertz CT molecular complexity index is 516. The van der Waals surface area contributed by atoms with Crippen LogP contribution in [0.2, 0.25) is 0 Å². The number of nitrogens with zero attached hydrogens (tertiary/aromatic N) is 2. The number of aryl methyl sites for hydroxylation is 1. The Morgan fingerprint density at radius 1 is 1.56 bits per heavy atom. The molecule has 0 aliphatic rings. The average molecular weight is 217 g/mol. The molecule has 0 atom stereocenters. The van der Waals surface area contributed by atoms with E-state index in [0.29, 0.717) is 17.8 Å². The van der Waals surface area contributed by atoms with Gasteiger partial charge >= 0.3 is 0 Å². The molecule has 2 aromatic rings. The van der Waals surface area contributed by atoms with E-state index in [4.69, 9.17) is 0 Å². The summed E-state index contributed by atoms with van der Waals surface area (Å²) in [4.78, 5) is 16.2. The van der Waals surface area contributed by atoms with Gasteiger partial charge in [-0.05, 0) is 25.5 Å². The van der Waals surface area contributed by atoms with Crippen LogP contribution in [0.25, 0.3) is 5.65 Å². The number of pyridine rings is 1. The SMILES string of the molecule is CCCNC(=O)c1cccn2cc(C)nc12. The maximum absolute atomic E-state index is 11.9. The second-order valence-electron chi connectivity index (χ2n) is 3.79. The van der Waals surface area contributed by atoms with E-state index in [0.717, 1.165) is 12.1 Å². The highest BCUT2D eigenvalue weighted by Gasteiger charge is 2.10. The minimum absolute atomic E-state index is 0.0574. The lowest BCUT2D eigenvalue weighted by Crippen LogP contribution is -2.24. The number of hydrogen-bond donors (Lipinski definition) is 1. The topological polar surface area (TPSA) is 46.4 Å². The van der Waals surface area contributed by atoms with Gasteiger partial charge in [-0.1, -0.05) is 6.92 Å². The lowest BCUT2D eigenvalue weighted by Gasteiger charge is -2.04. The lowest BCUT2D eigenvalue weighted by atomic mass is 10.2. The summed E-state index contributed by atoms with van der Waals surface area (Å²) in [6.45, 7) is 4.64. The van der Waals surface area contributed by atoms with Gasteiger partial charge in [0.1, 0.15) is 5.65 Å². The quantitative estimate of drug-likeness (QED) is 0.851. The van der Waals surface area contributed by atoms with Gasteiger partial charge in [0.2, 0.25) is 0 Å². The molecular formula is C12H15N3O. The molecule has 0 saturated carbocycles. The van der Waals surface area contributed by atoms with Gasteiger partial charge in [-0.25, -0.2) is 4.98 Å². The number of hydrogen-bond acceptors (Lipinski definition) is 2. The monoisotopic (exact) mass is 217 g/mol. The Balaban J connectivity index is 2.39. The fourth-order valence-corrected chi connectivity index (χ4v) is 1.65. The Morgan fingerprint density at radius 2 is 2.38 bits per heavy atom. The van der Waals surface area contributed by atoms with Crippen molar-refractivity contribution in [2.75, 3.05) is 6.54 Å². The summed E-state index contributed by atoms with van der Waals surface area (Å²) in [5, 5.41) is 2.86. The van der Waals surface area contributed by atoms with Crippen LogP contribution >= 0.6 is 0 Å². The van der Waals surface area contributed by atoms with Crippen molar-refractivity contribution in [1.82, 2.24) is 14.7 Å². The van der Waals surface area contributed by atoms with Gasteiger partial charge < -0.3 is 9.72 Å². The van der Waals surface area contributed by atoms with Crippen LogP contribution in [-0.4, -0.2) is 21.8 Å². The van der Waals surface area contributed by atoms with Crippen LogP contribution in [-0.2, 0) is 0 Å². The normalized spacial score (nSPS) is 10.6. The molecule has 0 spiro atoms. The largest absolute Gasteiger partial charge is 0.352 e. The zero-order valence-electron chi connectivity index (χ0n) is 9.53. The van der Waals surface area contributed by atoms with E-state index < -0.39 is 0 Å². The first-order chi connectivity index (χ1) is 7.72. The van der Waals surface area contributed by atoms with Gasteiger partial charge in [0.05, 0.1) is 11.3 Å². The number of amides is 1. The first kappa shape index (κ1) is 10.7. The first-order valence-corrected chi connectivity index (χ1v) is 5.45. The highest BCUT2D eigenvalue weighted by Crippen LogP contribution is 2.10. The molecule has 0 aliphatic heterocycles. The number of carbonyl (C=O) groups excluding carboxylic acids is 1. The van der Waals surface area contributed by atoms with Crippen molar-refractivity contribution in [1.29, 1.82) is 0 Å². The molecule has 2 heterocycles. The van der Waals surface area contributed by atoms with Gasteiger partial charge in [-0.3, -0.25) is 4.79 Å². The molecule has 84 valence electrons. The minimum Gasteiger partial charge on any atom is -0.352 e. The molecule has 16 heavy (non-hydrogen) atoms. The Kier molecular flexibility index (Phi) is 2.90. The van der Waals surface area contributed by atoms with Gasteiger partial charge in [-0.2, -0.15) is 0 Å². The van der Waals surface area contributed by atoms with Crippen LogP contribution in [0.1, 0.15) is 29.4 Å². The van der Waals surface area contributed by atoms with Gasteiger partial charge in [0.25, 0.3) is 5.91 Å². The van der Waals surface area contributed by atoms with Crippen molar-refractivity contribution in [2.45, 2.75) is 20.3 Å². The molecule has 0 aliphatic carbocycles. The summed E-state index contributed by atoms with van der Waals surface area (Å²) in [7, 11) is 0. The second kappa shape index (κ2) is 4.35. The molecule has 0 unspecified atom stereocenters. The van der Waals surface area contributed by atoms with Crippen LogP contribution in [0.4, 0.5) is 0 Å². The van der Waals surface area contributed by atoms with Crippen molar-refractivity contribution >= 4 is 11.6 Å². The van der Waals surface area contributed by atoms with E-state index in [1.165, 1.54) is 0 Å². The Morgan fingerprint density at radius 3 is 3.12 bits per heavy atom. The molecule has 1 amide bonds. The van der Waals surface area contributed by atoms with Crippen molar-refractivity contribution in [3.8, 4) is 0 Å². The molecule has 1 N–H and O–H groups in total. The molecule has 0 saturated heterocycles. The number of aromatic nitrogens is 2. The van der Waals surface area contributed by atoms with Gasteiger partial charge in [0.15, 0.2) is 0 Å². The predicted molar refractivity (Wildman–Crippen MR) is 62.6 cm³/mol. The molecule has 2 rings (SSSR count). The van der Waals surface area contributed by atoms with Gasteiger partial charge in [-0.15, -0.1) is 0 Å². The number of fused-ring (bicyclic) bond motifs is 1. The van der Waals surface area contributed by atoms with Crippen molar-refractivity contribution in [3.63, 3.8) is 0 Å². The number of carbonyl (C=O) groups is 1. The van der Waals surface area contributed by atoms with E-state index in [1.807, 2.05) is 36.7 Å². The minimum atomic E-state index is -0.0574. The lowest BCUT2D eigenvalue weighted by molar-refractivity contribution is 0.0955. The molecule has 0 bridgehead atoms. The Labute approximate surface area is 94.3 Å². The zero-order valence-corrected chi connectivity index (χ0v) is 9.53. The van der Waals surface area contributed by atoms with E-state index in [9.17, 15) is 4.79 Å². The van der Waals surface area contributed by atoms with Crippen LogP contribution < -0.4 is 5.32 Å². The second-order valence-corrected chi connectivity index (χ2v) is 3.79. The molecule has 2 aromatic heterocycles. The van der Waals surface area contributed by atoms with Crippen molar-refractivity contribution < 1.29 is 4.79 Å². The average Bonchev–Trinajstić information content (AvgIpc) is 2.65. The number of imidazole rings is 1. The first-order valence-electron chi connectivity index (χ1n) is 5.45. The van der Waals surface area contributed by atoms with Crippen LogP contribution in [0.3, 0.4) is 0 Å². The molecule has 0 aromatic carbocycles. The van der Waals surface area contributed by atoms with Crippen LogP contribution in [0.5, 0.6) is 0 Å². The summed E-state index contributed by atoms with van der Waals surface area (Å²) in [5.74, 6) is -0.0574. The van der Waals surface area contributed by atoms with Gasteiger partial charge in [0, 0.05) is 18.9 Å². The van der Waals surface area contributed by atoms with Crippen molar-refractivity contribution in [3.05, 3.63) is 35.8 Å². The molecule has 0 fully saturated rings. The highest BCUT2D eigenvalue weighted by molar-refractivity contribution is 5.99. The van der Waals surface area contributed by atoms with E-state index >= 15 is 0 Å². The maximum atomic E-state index is 11.9. The summed E-state index contributed by atoms with van der Waals surface area (Å²) >= 11 is 0.